The molecule has 2 aromatic rings. The van der Waals surface area contributed by atoms with Crippen LogP contribution in [0.25, 0.3) is 11.0 Å². The highest BCUT2D eigenvalue weighted by Gasteiger charge is 2.19. The van der Waals surface area contributed by atoms with Gasteiger partial charge in [-0.15, -0.1) is 0 Å². The van der Waals surface area contributed by atoms with Crippen molar-refractivity contribution in [3.63, 3.8) is 0 Å². The van der Waals surface area contributed by atoms with Gasteiger partial charge in [0.25, 0.3) is 0 Å². The van der Waals surface area contributed by atoms with E-state index in [2.05, 4.69) is 22.1 Å². The molecule has 100 valence electrons. The lowest BCUT2D eigenvalue weighted by molar-refractivity contribution is 0.422. The molecular weight excluding hydrogens is 236 g/mol. The van der Waals surface area contributed by atoms with Gasteiger partial charge in [0.2, 0.25) is 0 Å². The summed E-state index contributed by atoms with van der Waals surface area (Å²) < 4.78 is 0. The van der Waals surface area contributed by atoms with E-state index in [1.807, 2.05) is 30.5 Å². The van der Waals surface area contributed by atoms with E-state index in [-0.39, 0.29) is 0 Å². The second-order valence-corrected chi connectivity index (χ2v) is 5.04. The molecule has 0 radical (unpaired) electrons. The van der Waals surface area contributed by atoms with Crippen LogP contribution in [0.2, 0.25) is 0 Å². The van der Waals surface area contributed by atoms with Crippen LogP contribution in [0, 0.1) is 0 Å². The number of hydrogen-bond acceptors (Lipinski definition) is 4. The summed E-state index contributed by atoms with van der Waals surface area (Å²) in [5, 5.41) is 3.52. The predicted molar refractivity (Wildman–Crippen MR) is 78.4 cm³/mol. The molecule has 19 heavy (non-hydrogen) atoms. The van der Waals surface area contributed by atoms with Gasteiger partial charge in [-0.05, 0) is 31.5 Å². The third-order valence-corrected chi connectivity index (χ3v) is 3.75. The zero-order valence-electron chi connectivity index (χ0n) is 11.3. The summed E-state index contributed by atoms with van der Waals surface area (Å²) in [5.41, 5.74) is 1.95. The normalized spacial score (nSPS) is 17.0. The molecule has 0 saturated carbocycles. The van der Waals surface area contributed by atoms with Crippen molar-refractivity contribution in [3.8, 4) is 0 Å². The van der Waals surface area contributed by atoms with Crippen molar-refractivity contribution in [2.45, 2.75) is 25.8 Å². The molecule has 4 heteroatoms. The molecule has 4 nitrogen and oxygen atoms in total. The lowest BCUT2D eigenvalue weighted by Gasteiger charge is -2.33. The van der Waals surface area contributed by atoms with Crippen molar-refractivity contribution in [2.75, 3.05) is 24.5 Å². The second kappa shape index (κ2) is 5.53. The lowest BCUT2D eigenvalue weighted by atomic mass is 10.1. The van der Waals surface area contributed by atoms with Gasteiger partial charge in [-0.1, -0.05) is 19.1 Å². The van der Waals surface area contributed by atoms with E-state index in [9.17, 15) is 0 Å². The molecule has 0 amide bonds. The maximum atomic E-state index is 4.71. The highest BCUT2D eigenvalue weighted by Crippen LogP contribution is 2.19. The highest BCUT2D eigenvalue weighted by molar-refractivity contribution is 5.75. The molecule has 1 fully saturated rings. The maximum absolute atomic E-state index is 4.71. The largest absolute Gasteiger partial charge is 0.355 e. The molecule has 0 spiro atoms. The van der Waals surface area contributed by atoms with Gasteiger partial charge >= 0.3 is 0 Å². The summed E-state index contributed by atoms with van der Waals surface area (Å²) in [4.78, 5) is 11.5. The zero-order chi connectivity index (χ0) is 13.1. The fraction of sp³-hybridized carbons (Fsp3) is 0.467. The van der Waals surface area contributed by atoms with Crippen molar-refractivity contribution in [2.24, 2.45) is 0 Å². The van der Waals surface area contributed by atoms with Gasteiger partial charge in [0.1, 0.15) is 5.82 Å². The van der Waals surface area contributed by atoms with Crippen molar-refractivity contribution in [1.82, 2.24) is 15.3 Å². The molecule has 1 aromatic carbocycles. The van der Waals surface area contributed by atoms with Gasteiger partial charge in [0, 0.05) is 19.1 Å². The quantitative estimate of drug-likeness (QED) is 0.914. The van der Waals surface area contributed by atoms with Gasteiger partial charge in [0.15, 0.2) is 0 Å². The van der Waals surface area contributed by atoms with Gasteiger partial charge in [-0.25, -0.2) is 4.98 Å². The number of fused-ring (bicyclic) bond motifs is 1. The van der Waals surface area contributed by atoms with E-state index in [0.717, 1.165) is 36.5 Å². The van der Waals surface area contributed by atoms with Crippen LogP contribution < -0.4 is 10.2 Å². The molecule has 0 atom stereocenters. The molecule has 3 rings (SSSR count). The standard InChI is InChI=1S/C15H20N4/c1-2-16-12-7-9-19(10-8-12)15-11-17-13-5-3-4-6-14(13)18-15/h3-6,11-12,16H,2,7-10H2,1H3. The van der Waals surface area contributed by atoms with E-state index in [1.54, 1.807) is 0 Å². The molecule has 1 aliphatic rings. The number of para-hydroxylation sites is 2. The molecule has 0 bridgehead atoms. The van der Waals surface area contributed by atoms with E-state index in [0.29, 0.717) is 6.04 Å². The number of nitrogens with zero attached hydrogens (tertiary/aromatic N) is 3. The Bertz CT molecular complexity index is 547. The molecule has 1 saturated heterocycles. The Morgan fingerprint density at radius 1 is 1.21 bits per heavy atom. The third-order valence-electron chi connectivity index (χ3n) is 3.75. The summed E-state index contributed by atoms with van der Waals surface area (Å²) in [7, 11) is 0. The van der Waals surface area contributed by atoms with Crippen LogP contribution >= 0.6 is 0 Å². The number of aromatic nitrogens is 2. The molecule has 0 aliphatic carbocycles. The number of hydrogen-bond donors (Lipinski definition) is 1. The lowest BCUT2D eigenvalue weighted by Crippen LogP contribution is -2.42. The van der Waals surface area contributed by atoms with Crippen molar-refractivity contribution < 1.29 is 0 Å². The first-order chi connectivity index (χ1) is 9.36. The van der Waals surface area contributed by atoms with Gasteiger partial charge in [0.05, 0.1) is 17.2 Å². The van der Waals surface area contributed by atoms with Gasteiger partial charge < -0.3 is 10.2 Å². The number of anilines is 1. The number of rotatable bonds is 3. The number of piperidine rings is 1. The Labute approximate surface area is 113 Å². The predicted octanol–water partition coefficient (Wildman–Crippen LogP) is 2.21. The zero-order valence-corrected chi connectivity index (χ0v) is 11.3. The minimum absolute atomic E-state index is 0.662. The first-order valence-electron chi connectivity index (χ1n) is 7.07. The van der Waals surface area contributed by atoms with Crippen LogP contribution in [0.3, 0.4) is 0 Å². The second-order valence-electron chi connectivity index (χ2n) is 5.04. The summed E-state index contributed by atoms with van der Waals surface area (Å²) in [6.45, 7) is 5.34. The van der Waals surface area contributed by atoms with Crippen molar-refractivity contribution in [1.29, 1.82) is 0 Å². The monoisotopic (exact) mass is 256 g/mol. The van der Waals surface area contributed by atoms with E-state index in [4.69, 9.17) is 4.98 Å². The molecule has 0 unspecified atom stereocenters. The Balaban J connectivity index is 1.74. The van der Waals surface area contributed by atoms with Crippen LogP contribution in [0.15, 0.2) is 30.5 Å². The Hall–Kier alpha value is -1.68. The minimum Gasteiger partial charge on any atom is -0.355 e. The number of benzene rings is 1. The van der Waals surface area contributed by atoms with E-state index >= 15 is 0 Å². The minimum atomic E-state index is 0.662. The molecule has 2 heterocycles. The average Bonchev–Trinajstić information content (AvgIpc) is 2.48. The summed E-state index contributed by atoms with van der Waals surface area (Å²) >= 11 is 0. The highest BCUT2D eigenvalue weighted by atomic mass is 15.2. The molecular formula is C15H20N4. The van der Waals surface area contributed by atoms with Crippen LogP contribution in [0.4, 0.5) is 5.82 Å². The first kappa shape index (κ1) is 12.4. The van der Waals surface area contributed by atoms with Gasteiger partial charge in [-0.3, -0.25) is 4.98 Å². The molecule has 1 aliphatic heterocycles. The number of nitrogens with one attached hydrogen (secondary N) is 1. The fourth-order valence-electron chi connectivity index (χ4n) is 2.70. The maximum Gasteiger partial charge on any atom is 0.147 e. The van der Waals surface area contributed by atoms with Crippen molar-refractivity contribution >= 4 is 16.9 Å². The van der Waals surface area contributed by atoms with Crippen LogP contribution in [0.1, 0.15) is 19.8 Å². The topological polar surface area (TPSA) is 41.0 Å². The molecule has 1 aromatic heterocycles. The average molecular weight is 256 g/mol. The summed E-state index contributed by atoms with van der Waals surface area (Å²) in [5.74, 6) is 1.01. The SMILES string of the molecule is CCNC1CCN(c2cnc3ccccc3n2)CC1. The van der Waals surface area contributed by atoms with E-state index < -0.39 is 0 Å². The Morgan fingerprint density at radius 3 is 2.68 bits per heavy atom. The molecule has 1 N–H and O–H groups in total. The first-order valence-corrected chi connectivity index (χ1v) is 7.07. The smallest absolute Gasteiger partial charge is 0.147 e. The summed E-state index contributed by atoms with van der Waals surface area (Å²) in [6.07, 6.45) is 4.26. The van der Waals surface area contributed by atoms with Crippen LogP contribution in [0.5, 0.6) is 0 Å². The Kier molecular flexibility index (Phi) is 3.60. The summed E-state index contributed by atoms with van der Waals surface area (Å²) in [6, 6.07) is 8.70. The van der Waals surface area contributed by atoms with Crippen LogP contribution in [-0.2, 0) is 0 Å². The van der Waals surface area contributed by atoms with E-state index in [1.165, 1.54) is 12.8 Å². The Morgan fingerprint density at radius 2 is 1.95 bits per heavy atom. The fourth-order valence-corrected chi connectivity index (χ4v) is 2.70. The van der Waals surface area contributed by atoms with Crippen molar-refractivity contribution in [3.05, 3.63) is 30.5 Å². The third kappa shape index (κ3) is 2.68. The van der Waals surface area contributed by atoms with Gasteiger partial charge in [-0.2, -0.15) is 0 Å². The van der Waals surface area contributed by atoms with Crippen LogP contribution in [-0.4, -0.2) is 35.6 Å².